The fraction of sp³-hybridized carbons (Fsp3) is 0.500. The first-order valence-corrected chi connectivity index (χ1v) is 6.00. The van der Waals surface area contributed by atoms with E-state index in [4.69, 9.17) is 15.2 Å². The fourth-order valence-electron chi connectivity index (χ4n) is 1.74. The average molecular weight is 288 g/mol. The zero-order valence-corrected chi connectivity index (χ0v) is 12.6. The van der Waals surface area contributed by atoms with Crippen LogP contribution in [0.2, 0.25) is 0 Å². The summed E-state index contributed by atoms with van der Waals surface area (Å²) in [6.45, 7) is 6.11. The molecular formula is C14H22ClNO3. The highest BCUT2D eigenvalue weighted by atomic mass is 35.5. The monoisotopic (exact) mass is 287 g/mol. The van der Waals surface area contributed by atoms with Crippen molar-refractivity contribution < 1.29 is 14.3 Å². The number of hydrogen-bond donors (Lipinski definition) is 1. The van der Waals surface area contributed by atoms with Crippen molar-refractivity contribution in [1.29, 1.82) is 0 Å². The average Bonchev–Trinajstić information content (AvgIpc) is 2.38. The van der Waals surface area contributed by atoms with Crippen molar-refractivity contribution >= 4 is 18.4 Å². The highest BCUT2D eigenvalue weighted by Gasteiger charge is 2.36. The van der Waals surface area contributed by atoms with E-state index < -0.39 is 11.5 Å². The van der Waals surface area contributed by atoms with Crippen molar-refractivity contribution in [2.45, 2.75) is 26.8 Å². The smallest absolute Gasteiger partial charge is 0.313 e. The second-order valence-corrected chi connectivity index (χ2v) is 4.69. The van der Waals surface area contributed by atoms with Gasteiger partial charge in [-0.15, -0.1) is 12.4 Å². The van der Waals surface area contributed by atoms with Gasteiger partial charge in [-0.2, -0.15) is 0 Å². The van der Waals surface area contributed by atoms with Gasteiger partial charge in [0.2, 0.25) is 0 Å². The lowest BCUT2D eigenvalue weighted by Gasteiger charge is -2.29. The van der Waals surface area contributed by atoms with E-state index in [-0.39, 0.29) is 18.4 Å². The number of esters is 1. The van der Waals surface area contributed by atoms with Gasteiger partial charge in [0.05, 0.1) is 19.1 Å². The van der Waals surface area contributed by atoms with E-state index in [1.807, 2.05) is 31.2 Å². The lowest BCUT2D eigenvalue weighted by atomic mass is 9.81. The van der Waals surface area contributed by atoms with E-state index in [2.05, 4.69) is 0 Å². The Hall–Kier alpha value is -1.26. The molecule has 1 rings (SSSR count). The summed E-state index contributed by atoms with van der Waals surface area (Å²) in [6.07, 6.45) is 0. The molecule has 4 nitrogen and oxygen atoms in total. The third-order valence-corrected chi connectivity index (χ3v) is 3.04. The van der Waals surface area contributed by atoms with Gasteiger partial charge in [0.15, 0.2) is 0 Å². The predicted molar refractivity (Wildman–Crippen MR) is 77.6 cm³/mol. The number of hydrogen-bond acceptors (Lipinski definition) is 4. The Balaban J connectivity index is 0.00000324. The van der Waals surface area contributed by atoms with Crippen molar-refractivity contribution in [3.05, 3.63) is 29.8 Å². The van der Waals surface area contributed by atoms with Crippen LogP contribution in [0.4, 0.5) is 0 Å². The van der Waals surface area contributed by atoms with Crippen molar-refractivity contribution in [3.63, 3.8) is 0 Å². The summed E-state index contributed by atoms with van der Waals surface area (Å²) in [5, 5.41) is 0. The van der Waals surface area contributed by atoms with Crippen LogP contribution in [0.25, 0.3) is 0 Å². The first-order chi connectivity index (χ1) is 8.43. The summed E-state index contributed by atoms with van der Waals surface area (Å²) in [5.74, 6) is 0.480. The number of methoxy groups -OCH3 is 1. The molecule has 0 aromatic heterocycles. The van der Waals surface area contributed by atoms with Crippen LogP contribution in [0, 0.1) is 5.41 Å². The number of benzene rings is 1. The topological polar surface area (TPSA) is 61.5 Å². The Morgan fingerprint density at radius 3 is 2.26 bits per heavy atom. The van der Waals surface area contributed by atoms with E-state index in [1.54, 1.807) is 13.8 Å². The summed E-state index contributed by atoms with van der Waals surface area (Å²) < 4.78 is 10.1. The molecule has 1 aromatic rings. The molecule has 0 unspecified atom stereocenters. The Bertz CT molecular complexity index is 404. The van der Waals surface area contributed by atoms with Crippen LogP contribution in [-0.2, 0) is 9.53 Å². The summed E-state index contributed by atoms with van der Waals surface area (Å²) in [4.78, 5) is 11.7. The minimum Gasteiger partial charge on any atom is -0.494 e. The zero-order valence-electron chi connectivity index (χ0n) is 11.8. The molecule has 0 heterocycles. The van der Waals surface area contributed by atoms with Crippen LogP contribution in [0.1, 0.15) is 32.4 Å². The number of ether oxygens (including phenoxy) is 2. The molecule has 1 atom stereocenters. The largest absolute Gasteiger partial charge is 0.494 e. The zero-order chi connectivity index (χ0) is 13.8. The summed E-state index contributed by atoms with van der Waals surface area (Å²) in [7, 11) is 1.37. The molecule has 0 fully saturated rings. The van der Waals surface area contributed by atoms with E-state index in [0.29, 0.717) is 6.61 Å². The van der Waals surface area contributed by atoms with Gasteiger partial charge in [-0.05, 0) is 38.5 Å². The first kappa shape index (κ1) is 17.7. The lowest BCUT2D eigenvalue weighted by Crippen LogP contribution is -2.37. The van der Waals surface area contributed by atoms with E-state index >= 15 is 0 Å². The third-order valence-electron chi connectivity index (χ3n) is 3.04. The first-order valence-electron chi connectivity index (χ1n) is 6.00. The van der Waals surface area contributed by atoms with Crippen LogP contribution >= 0.6 is 12.4 Å². The Labute approximate surface area is 120 Å². The molecule has 0 amide bonds. The molecule has 108 valence electrons. The van der Waals surface area contributed by atoms with Crippen molar-refractivity contribution in [1.82, 2.24) is 0 Å². The van der Waals surface area contributed by atoms with Gasteiger partial charge in [-0.25, -0.2) is 0 Å². The maximum atomic E-state index is 11.7. The number of halogens is 1. The molecule has 0 radical (unpaired) electrons. The second kappa shape index (κ2) is 7.36. The Morgan fingerprint density at radius 1 is 1.32 bits per heavy atom. The maximum Gasteiger partial charge on any atom is 0.313 e. The summed E-state index contributed by atoms with van der Waals surface area (Å²) >= 11 is 0. The van der Waals surface area contributed by atoms with Gasteiger partial charge in [0, 0.05) is 6.04 Å². The van der Waals surface area contributed by atoms with Crippen LogP contribution in [0.5, 0.6) is 5.75 Å². The number of carbonyl (C=O) groups excluding carboxylic acids is 1. The van der Waals surface area contributed by atoms with Gasteiger partial charge in [0.25, 0.3) is 0 Å². The molecule has 0 saturated carbocycles. The number of carbonyl (C=O) groups is 1. The standard InChI is InChI=1S/C14H21NO3.ClH/c1-5-18-11-8-6-10(7-9-11)12(15)14(2,3)13(16)17-4;/h6-9,12H,5,15H2,1-4H3;1H/t12-;/m1./s1. The molecule has 19 heavy (non-hydrogen) atoms. The van der Waals surface area contributed by atoms with Crippen LogP contribution < -0.4 is 10.5 Å². The number of rotatable bonds is 5. The molecule has 0 aliphatic rings. The van der Waals surface area contributed by atoms with Gasteiger partial charge in [-0.3, -0.25) is 4.79 Å². The highest BCUT2D eigenvalue weighted by Crippen LogP contribution is 2.33. The molecule has 1 aromatic carbocycles. The van der Waals surface area contributed by atoms with Gasteiger partial charge in [-0.1, -0.05) is 12.1 Å². The molecule has 0 aliphatic carbocycles. The quantitative estimate of drug-likeness (QED) is 0.846. The molecule has 2 N–H and O–H groups in total. The Kier molecular flexibility index (Phi) is 6.87. The van der Waals surface area contributed by atoms with E-state index in [9.17, 15) is 4.79 Å². The fourth-order valence-corrected chi connectivity index (χ4v) is 1.74. The predicted octanol–water partition coefficient (Wildman–Crippen LogP) is 2.71. The third kappa shape index (κ3) is 4.11. The second-order valence-electron chi connectivity index (χ2n) is 4.69. The molecule has 0 aliphatic heterocycles. The lowest BCUT2D eigenvalue weighted by molar-refractivity contribution is -0.152. The van der Waals surface area contributed by atoms with Gasteiger partial charge in [0.1, 0.15) is 5.75 Å². The van der Waals surface area contributed by atoms with Crippen LogP contribution in [-0.4, -0.2) is 19.7 Å². The highest BCUT2D eigenvalue weighted by molar-refractivity contribution is 5.85. The summed E-state index contributed by atoms with van der Waals surface area (Å²) in [6, 6.07) is 7.04. The minimum atomic E-state index is -0.762. The molecular weight excluding hydrogens is 266 g/mol. The van der Waals surface area contributed by atoms with Crippen molar-refractivity contribution in [2.75, 3.05) is 13.7 Å². The van der Waals surface area contributed by atoms with Crippen molar-refractivity contribution in [3.8, 4) is 5.75 Å². The van der Waals surface area contributed by atoms with Crippen LogP contribution in [0.15, 0.2) is 24.3 Å². The molecule has 0 spiro atoms. The minimum absolute atomic E-state index is 0. The Morgan fingerprint density at radius 2 is 1.84 bits per heavy atom. The van der Waals surface area contributed by atoms with E-state index in [0.717, 1.165) is 11.3 Å². The maximum absolute atomic E-state index is 11.7. The molecule has 5 heteroatoms. The van der Waals surface area contributed by atoms with Crippen LogP contribution in [0.3, 0.4) is 0 Å². The SMILES string of the molecule is CCOc1ccc([C@@H](N)C(C)(C)C(=O)OC)cc1.Cl. The van der Waals surface area contributed by atoms with Gasteiger partial charge >= 0.3 is 5.97 Å². The molecule has 0 bridgehead atoms. The molecule has 0 saturated heterocycles. The number of nitrogens with two attached hydrogens (primary N) is 1. The van der Waals surface area contributed by atoms with E-state index in [1.165, 1.54) is 7.11 Å². The summed E-state index contributed by atoms with van der Waals surface area (Å²) in [5.41, 5.74) is 6.25. The van der Waals surface area contributed by atoms with Gasteiger partial charge < -0.3 is 15.2 Å². The normalized spacial score (nSPS) is 12.3. The van der Waals surface area contributed by atoms with Crippen molar-refractivity contribution in [2.24, 2.45) is 11.1 Å².